The van der Waals surface area contributed by atoms with E-state index in [1.54, 1.807) is 6.08 Å². The summed E-state index contributed by atoms with van der Waals surface area (Å²) >= 11 is 0. The van der Waals surface area contributed by atoms with Gasteiger partial charge in [-0.3, -0.25) is 4.79 Å². The third-order valence-corrected chi connectivity index (χ3v) is 3.34. The highest BCUT2D eigenvalue weighted by molar-refractivity contribution is 6.06. The minimum Gasteiger partial charge on any atom is -0.321 e. The van der Waals surface area contributed by atoms with Gasteiger partial charge in [-0.15, -0.1) is 0 Å². The average molecular weight is 302 g/mol. The number of anilines is 1. The van der Waals surface area contributed by atoms with Gasteiger partial charge in [-0.2, -0.15) is 5.26 Å². The fraction of sp³-hybridized carbons (Fsp3) is 0.100. The largest absolute Gasteiger partial charge is 0.321 e. The zero-order valence-corrected chi connectivity index (χ0v) is 13.0. The summed E-state index contributed by atoms with van der Waals surface area (Å²) in [6, 6.07) is 19.2. The molecule has 0 saturated heterocycles. The van der Waals surface area contributed by atoms with Crippen molar-refractivity contribution in [3.63, 3.8) is 0 Å². The molecule has 1 N–H and O–H groups in total. The van der Waals surface area contributed by atoms with Crippen LogP contribution in [0, 0.1) is 11.3 Å². The Labute approximate surface area is 136 Å². The first-order valence-electron chi connectivity index (χ1n) is 7.46. The van der Waals surface area contributed by atoms with E-state index in [4.69, 9.17) is 5.26 Å². The molecule has 114 valence electrons. The summed E-state index contributed by atoms with van der Waals surface area (Å²) in [5.74, 6) is -0.408. The number of carbonyl (C=O) groups is 1. The molecule has 3 nitrogen and oxygen atoms in total. The van der Waals surface area contributed by atoms with Crippen molar-refractivity contribution < 1.29 is 4.79 Å². The van der Waals surface area contributed by atoms with Crippen LogP contribution < -0.4 is 5.32 Å². The van der Waals surface area contributed by atoms with Gasteiger partial charge in [0.05, 0.1) is 0 Å². The van der Waals surface area contributed by atoms with E-state index in [2.05, 4.69) is 12.2 Å². The molecule has 0 heterocycles. The number of aryl methyl sites for hydroxylation is 1. The van der Waals surface area contributed by atoms with Gasteiger partial charge in [-0.25, -0.2) is 0 Å². The van der Waals surface area contributed by atoms with Crippen molar-refractivity contribution in [2.75, 3.05) is 5.32 Å². The third-order valence-electron chi connectivity index (χ3n) is 3.34. The second-order valence-electron chi connectivity index (χ2n) is 4.97. The molecule has 0 spiro atoms. The molecule has 0 radical (unpaired) electrons. The van der Waals surface area contributed by atoms with Gasteiger partial charge < -0.3 is 5.32 Å². The number of allylic oxidation sites excluding steroid dienone is 2. The van der Waals surface area contributed by atoms with E-state index < -0.39 is 5.91 Å². The normalized spacial score (nSPS) is 11.2. The summed E-state index contributed by atoms with van der Waals surface area (Å²) in [5.41, 5.74) is 2.96. The number of amides is 1. The number of nitriles is 1. The van der Waals surface area contributed by atoms with Gasteiger partial charge in [0, 0.05) is 5.69 Å². The van der Waals surface area contributed by atoms with E-state index in [0.717, 1.165) is 12.0 Å². The van der Waals surface area contributed by atoms with Crippen LogP contribution in [-0.2, 0) is 11.2 Å². The molecule has 0 aromatic heterocycles. The minimum atomic E-state index is -0.408. The van der Waals surface area contributed by atoms with Crippen molar-refractivity contribution in [2.45, 2.75) is 13.3 Å². The highest BCUT2D eigenvalue weighted by Crippen LogP contribution is 2.11. The Morgan fingerprint density at radius 2 is 1.83 bits per heavy atom. The summed E-state index contributed by atoms with van der Waals surface area (Å²) in [7, 11) is 0. The third kappa shape index (κ3) is 4.98. The van der Waals surface area contributed by atoms with Crippen molar-refractivity contribution in [1.82, 2.24) is 0 Å². The monoisotopic (exact) mass is 302 g/mol. The fourth-order valence-electron chi connectivity index (χ4n) is 2.01. The van der Waals surface area contributed by atoms with E-state index >= 15 is 0 Å². The van der Waals surface area contributed by atoms with Crippen molar-refractivity contribution in [3.05, 3.63) is 83.4 Å². The van der Waals surface area contributed by atoms with Crippen LogP contribution in [0.5, 0.6) is 0 Å². The van der Waals surface area contributed by atoms with Gasteiger partial charge >= 0.3 is 0 Å². The van der Waals surface area contributed by atoms with Gasteiger partial charge in [0.25, 0.3) is 5.91 Å². The maximum Gasteiger partial charge on any atom is 0.266 e. The van der Waals surface area contributed by atoms with E-state index in [0.29, 0.717) is 5.69 Å². The van der Waals surface area contributed by atoms with Crippen LogP contribution in [0.3, 0.4) is 0 Å². The minimum absolute atomic E-state index is 0.0664. The zero-order valence-electron chi connectivity index (χ0n) is 13.0. The summed E-state index contributed by atoms with van der Waals surface area (Å²) in [6.45, 7) is 2.07. The lowest BCUT2D eigenvalue weighted by atomic mass is 10.1. The zero-order chi connectivity index (χ0) is 16.5. The first kappa shape index (κ1) is 16.3. The molecule has 0 unspecified atom stereocenters. The fourth-order valence-corrected chi connectivity index (χ4v) is 2.01. The van der Waals surface area contributed by atoms with Crippen molar-refractivity contribution >= 4 is 17.7 Å². The summed E-state index contributed by atoms with van der Waals surface area (Å²) < 4.78 is 0. The molecule has 0 bridgehead atoms. The van der Waals surface area contributed by atoms with E-state index in [9.17, 15) is 4.79 Å². The molecule has 23 heavy (non-hydrogen) atoms. The number of nitrogens with one attached hydrogen (secondary N) is 1. The van der Waals surface area contributed by atoms with Crippen molar-refractivity contribution in [3.8, 4) is 6.07 Å². The van der Waals surface area contributed by atoms with Gasteiger partial charge in [-0.1, -0.05) is 61.5 Å². The van der Waals surface area contributed by atoms with Crippen LogP contribution in [0.4, 0.5) is 5.69 Å². The molecule has 2 aromatic rings. The Morgan fingerprint density at radius 1 is 1.13 bits per heavy atom. The van der Waals surface area contributed by atoms with Crippen molar-refractivity contribution in [1.29, 1.82) is 5.26 Å². The van der Waals surface area contributed by atoms with Gasteiger partial charge in [-0.05, 0) is 35.8 Å². The van der Waals surface area contributed by atoms with Crippen LogP contribution in [0.2, 0.25) is 0 Å². The molecule has 2 aromatic carbocycles. The average Bonchev–Trinajstić information content (AvgIpc) is 2.60. The highest BCUT2D eigenvalue weighted by Gasteiger charge is 2.07. The predicted molar refractivity (Wildman–Crippen MR) is 93.6 cm³/mol. The lowest BCUT2D eigenvalue weighted by Crippen LogP contribution is -2.13. The van der Waals surface area contributed by atoms with Crippen LogP contribution in [0.15, 0.2) is 72.3 Å². The molecule has 0 fully saturated rings. The van der Waals surface area contributed by atoms with Crippen LogP contribution in [0.25, 0.3) is 6.08 Å². The number of benzene rings is 2. The van der Waals surface area contributed by atoms with E-state index in [1.807, 2.05) is 66.7 Å². The molecular weight excluding hydrogens is 284 g/mol. The summed E-state index contributed by atoms with van der Waals surface area (Å²) in [6.07, 6.45) is 6.01. The van der Waals surface area contributed by atoms with Crippen molar-refractivity contribution in [2.24, 2.45) is 0 Å². The topological polar surface area (TPSA) is 52.9 Å². The number of rotatable bonds is 5. The SMILES string of the molecule is CCc1ccc(NC(=O)/C(C#N)=C/C=C/c2ccccc2)cc1. The Hall–Kier alpha value is -3.12. The number of hydrogen-bond donors (Lipinski definition) is 1. The first-order valence-corrected chi connectivity index (χ1v) is 7.46. The molecule has 0 aliphatic carbocycles. The molecule has 0 aliphatic heterocycles. The second kappa shape index (κ2) is 8.35. The molecule has 0 atom stereocenters. The Balaban J connectivity index is 2.04. The number of carbonyl (C=O) groups excluding carboxylic acids is 1. The quantitative estimate of drug-likeness (QED) is 0.507. The second-order valence-corrected chi connectivity index (χ2v) is 4.97. The molecule has 0 saturated carbocycles. The van der Waals surface area contributed by atoms with Gasteiger partial charge in [0.1, 0.15) is 11.6 Å². The Morgan fingerprint density at radius 3 is 2.43 bits per heavy atom. The smallest absolute Gasteiger partial charge is 0.266 e. The summed E-state index contributed by atoms with van der Waals surface area (Å²) in [5, 5.41) is 11.9. The van der Waals surface area contributed by atoms with Gasteiger partial charge in [0.15, 0.2) is 0 Å². The maximum absolute atomic E-state index is 12.1. The maximum atomic E-state index is 12.1. The highest BCUT2D eigenvalue weighted by atomic mass is 16.1. The molecule has 2 rings (SSSR count). The molecule has 3 heteroatoms. The summed E-state index contributed by atoms with van der Waals surface area (Å²) in [4.78, 5) is 12.1. The molecule has 1 amide bonds. The number of hydrogen-bond acceptors (Lipinski definition) is 2. The standard InChI is InChI=1S/C20H18N2O/c1-2-16-11-13-19(14-12-16)22-20(23)18(15-21)10-6-9-17-7-4-3-5-8-17/h3-14H,2H2,1H3,(H,22,23)/b9-6+,18-10+. The predicted octanol–water partition coefficient (Wildman–Crippen LogP) is 4.35. The first-order chi connectivity index (χ1) is 11.2. The lowest BCUT2D eigenvalue weighted by molar-refractivity contribution is -0.112. The van der Waals surface area contributed by atoms with Crippen LogP contribution in [-0.4, -0.2) is 5.91 Å². The molecular formula is C20H18N2O. The van der Waals surface area contributed by atoms with Crippen LogP contribution in [0.1, 0.15) is 18.1 Å². The van der Waals surface area contributed by atoms with Crippen LogP contribution >= 0.6 is 0 Å². The Kier molecular flexibility index (Phi) is 5.90. The van der Waals surface area contributed by atoms with Gasteiger partial charge in [0.2, 0.25) is 0 Å². The van der Waals surface area contributed by atoms with E-state index in [1.165, 1.54) is 11.6 Å². The Bertz CT molecular complexity index is 750. The van der Waals surface area contributed by atoms with E-state index in [-0.39, 0.29) is 5.57 Å². The number of nitrogens with zero attached hydrogens (tertiary/aromatic N) is 1. The molecule has 0 aliphatic rings. The lowest BCUT2D eigenvalue weighted by Gasteiger charge is -2.04.